The van der Waals surface area contributed by atoms with E-state index in [-0.39, 0.29) is 11.9 Å². The van der Waals surface area contributed by atoms with Crippen LogP contribution in [-0.4, -0.2) is 30.1 Å². The number of pyridine rings is 1. The fraction of sp³-hybridized carbons (Fsp3) is 0.375. The number of benzene rings is 1. The average molecular weight is 285 g/mol. The average Bonchev–Trinajstić information content (AvgIpc) is 2.53. The Balaban J connectivity index is 1.84. The van der Waals surface area contributed by atoms with Crippen molar-refractivity contribution in [1.29, 1.82) is 5.41 Å². The molecule has 1 aliphatic heterocycles. The summed E-state index contributed by atoms with van der Waals surface area (Å²) in [5.74, 6) is 0.378. The van der Waals surface area contributed by atoms with Gasteiger partial charge in [-0.25, -0.2) is 4.98 Å². The van der Waals surface area contributed by atoms with E-state index < -0.39 is 0 Å². The van der Waals surface area contributed by atoms with Crippen LogP contribution < -0.4 is 10.5 Å². The first-order chi connectivity index (χ1) is 10.2. The number of rotatable bonds is 4. The van der Waals surface area contributed by atoms with Crippen LogP contribution >= 0.6 is 0 Å². The third kappa shape index (κ3) is 3.13. The Hall–Kier alpha value is -2.14. The highest BCUT2D eigenvalue weighted by Crippen LogP contribution is 2.23. The summed E-state index contributed by atoms with van der Waals surface area (Å²) < 4.78 is 11.4. The molecule has 3 N–H and O–H groups in total. The Morgan fingerprint density at radius 1 is 1.38 bits per heavy atom. The molecular formula is C16H19N3O2. The number of aromatic nitrogens is 1. The normalized spacial score (nSPS) is 18.6. The van der Waals surface area contributed by atoms with E-state index in [1.807, 2.05) is 30.3 Å². The third-order valence-electron chi connectivity index (χ3n) is 3.66. The molecule has 0 saturated carbocycles. The molecule has 1 aliphatic rings. The molecule has 2 aromatic rings. The lowest BCUT2D eigenvalue weighted by molar-refractivity contribution is -0.0119. The molecule has 1 saturated heterocycles. The summed E-state index contributed by atoms with van der Waals surface area (Å²) in [6.07, 6.45) is 3.39. The van der Waals surface area contributed by atoms with E-state index in [0.29, 0.717) is 18.1 Å². The molecular weight excluding hydrogens is 266 g/mol. The molecule has 1 atom stereocenters. The van der Waals surface area contributed by atoms with E-state index in [1.54, 1.807) is 0 Å². The Morgan fingerprint density at radius 3 is 3.00 bits per heavy atom. The fourth-order valence-electron chi connectivity index (χ4n) is 2.51. The first-order valence-electron chi connectivity index (χ1n) is 7.22. The molecule has 5 nitrogen and oxygen atoms in total. The molecule has 0 amide bonds. The highest BCUT2D eigenvalue weighted by Gasteiger charge is 2.17. The molecule has 21 heavy (non-hydrogen) atoms. The van der Waals surface area contributed by atoms with Crippen LogP contribution in [0.3, 0.4) is 0 Å². The second kappa shape index (κ2) is 6.10. The van der Waals surface area contributed by atoms with Gasteiger partial charge in [0, 0.05) is 12.0 Å². The summed E-state index contributed by atoms with van der Waals surface area (Å²) in [5.41, 5.74) is 7.01. The zero-order chi connectivity index (χ0) is 14.7. The second-order valence-electron chi connectivity index (χ2n) is 5.25. The number of nitrogen functional groups attached to an aromatic ring is 1. The van der Waals surface area contributed by atoms with Crippen molar-refractivity contribution >= 4 is 16.7 Å². The summed E-state index contributed by atoms with van der Waals surface area (Å²) in [6.45, 7) is 1.24. The van der Waals surface area contributed by atoms with Crippen molar-refractivity contribution in [1.82, 2.24) is 4.98 Å². The standard InChI is InChI=1S/C16H19N3O2/c17-15(18)13-9-11-5-1-2-7-14(11)19-16(13)21-10-12-6-3-4-8-20-12/h1-2,5,7,9,12H,3-4,6,8,10H2,(H3,17,18). The van der Waals surface area contributed by atoms with Gasteiger partial charge in [-0.2, -0.15) is 0 Å². The maximum absolute atomic E-state index is 7.70. The van der Waals surface area contributed by atoms with Gasteiger partial charge in [0.25, 0.3) is 0 Å². The molecule has 0 radical (unpaired) electrons. The van der Waals surface area contributed by atoms with Gasteiger partial charge in [-0.1, -0.05) is 18.2 Å². The maximum Gasteiger partial charge on any atom is 0.225 e. The minimum absolute atomic E-state index is 0.0344. The summed E-state index contributed by atoms with van der Waals surface area (Å²) in [4.78, 5) is 4.48. The largest absolute Gasteiger partial charge is 0.474 e. The van der Waals surface area contributed by atoms with Gasteiger partial charge < -0.3 is 15.2 Å². The Kier molecular flexibility index (Phi) is 4.01. The monoisotopic (exact) mass is 285 g/mol. The lowest BCUT2D eigenvalue weighted by atomic mass is 10.1. The van der Waals surface area contributed by atoms with Gasteiger partial charge >= 0.3 is 0 Å². The summed E-state index contributed by atoms with van der Waals surface area (Å²) in [7, 11) is 0. The van der Waals surface area contributed by atoms with Crippen molar-refractivity contribution in [3.05, 3.63) is 35.9 Å². The summed E-state index contributed by atoms with van der Waals surface area (Å²) in [5, 5.41) is 8.65. The van der Waals surface area contributed by atoms with Crippen molar-refractivity contribution < 1.29 is 9.47 Å². The van der Waals surface area contributed by atoms with E-state index in [4.69, 9.17) is 20.6 Å². The first kappa shape index (κ1) is 13.8. The molecule has 110 valence electrons. The number of hydrogen-bond donors (Lipinski definition) is 2. The number of hydrogen-bond acceptors (Lipinski definition) is 4. The minimum Gasteiger partial charge on any atom is -0.474 e. The van der Waals surface area contributed by atoms with Gasteiger partial charge in [0.15, 0.2) is 0 Å². The lowest BCUT2D eigenvalue weighted by Crippen LogP contribution is -2.26. The van der Waals surface area contributed by atoms with Gasteiger partial charge in [0.1, 0.15) is 12.4 Å². The molecule has 1 unspecified atom stereocenters. The van der Waals surface area contributed by atoms with Crippen molar-refractivity contribution in [2.75, 3.05) is 13.2 Å². The quantitative estimate of drug-likeness (QED) is 0.668. The SMILES string of the molecule is N=C(N)c1cc2ccccc2nc1OCC1CCCCO1. The zero-order valence-electron chi connectivity index (χ0n) is 11.8. The predicted octanol–water partition coefficient (Wildman–Crippen LogP) is 2.47. The van der Waals surface area contributed by atoms with Crippen LogP contribution in [0.2, 0.25) is 0 Å². The van der Waals surface area contributed by atoms with Crippen molar-refractivity contribution in [3.63, 3.8) is 0 Å². The molecule has 1 aromatic heterocycles. The maximum atomic E-state index is 7.70. The summed E-state index contributed by atoms with van der Waals surface area (Å²) >= 11 is 0. The Bertz CT molecular complexity index is 651. The smallest absolute Gasteiger partial charge is 0.225 e. The van der Waals surface area contributed by atoms with Crippen molar-refractivity contribution in [2.24, 2.45) is 5.73 Å². The van der Waals surface area contributed by atoms with E-state index in [2.05, 4.69) is 4.98 Å². The topological polar surface area (TPSA) is 81.2 Å². The number of fused-ring (bicyclic) bond motifs is 1. The van der Waals surface area contributed by atoms with Crippen LogP contribution in [0.1, 0.15) is 24.8 Å². The van der Waals surface area contributed by atoms with Crippen LogP contribution in [0, 0.1) is 5.41 Å². The highest BCUT2D eigenvalue weighted by molar-refractivity contribution is 6.00. The number of para-hydroxylation sites is 1. The molecule has 3 rings (SSSR count). The lowest BCUT2D eigenvalue weighted by Gasteiger charge is -2.22. The fourth-order valence-corrected chi connectivity index (χ4v) is 2.51. The molecule has 0 spiro atoms. The Labute approximate surface area is 123 Å². The van der Waals surface area contributed by atoms with E-state index in [9.17, 15) is 0 Å². The number of nitrogens with two attached hydrogens (primary N) is 1. The van der Waals surface area contributed by atoms with Crippen LogP contribution in [-0.2, 0) is 4.74 Å². The zero-order valence-corrected chi connectivity index (χ0v) is 11.8. The van der Waals surface area contributed by atoms with Gasteiger partial charge in [0.05, 0.1) is 17.2 Å². The predicted molar refractivity (Wildman–Crippen MR) is 81.8 cm³/mol. The number of nitrogens with zero attached hydrogens (tertiary/aromatic N) is 1. The van der Waals surface area contributed by atoms with Crippen LogP contribution in [0.15, 0.2) is 30.3 Å². The third-order valence-corrected chi connectivity index (χ3v) is 3.66. The van der Waals surface area contributed by atoms with Gasteiger partial charge in [-0.15, -0.1) is 0 Å². The molecule has 1 fully saturated rings. The summed E-state index contributed by atoms with van der Waals surface area (Å²) in [6, 6.07) is 9.58. The molecule has 2 heterocycles. The van der Waals surface area contributed by atoms with Gasteiger partial charge in [-0.3, -0.25) is 5.41 Å². The number of amidine groups is 1. The van der Waals surface area contributed by atoms with Crippen molar-refractivity contribution in [3.8, 4) is 5.88 Å². The van der Waals surface area contributed by atoms with Gasteiger partial charge in [0.2, 0.25) is 5.88 Å². The molecule has 0 bridgehead atoms. The molecule has 5 heteroatoms. The van der Waals surface area contributed by atoms with E-state index in [1.165, 1.54) is 6.42 Å². The molecule has 1 aromatic carbocycles. The second-order valence-corrected chi connectivity index (χ2v) is 5.25. The van der Waals surface area contributed by atoms with E-state index in [0.717, 1.165) is 30.4 Å². The van der Waals surface area contributed by atoms with Crippen LogP contribution in [0.4, 0.5) is 0 Å². The van der Waals surface area contributed by atoms with Crippen LogP contribution in [0.25, 0.3) is 10.9 Å². The molecule has 0 aliphatic carbocycles. The first-order valence-corrected chi connectivity index (χ1v) is 7.22. The Morgan fingerprint density at radius 2 is 2.24 bits per heavy atom. The van der Waals surface area contributed by atoms with Crippen LogP contribution in [0.5, 0.6) is 5.88 Å². The van der Waals surface area contributed by atoms with Crippen molar-refractivity contribution in [2.45, 2.75) is 25.4 Å². The highest BCUT2D eigenvalue weighted by atomic mass is 16.5. The number of ether oxygens (including phenoxy) is 2. The van der Waals surface area contributed by atoms with E-state index >= 15 is 0 Å². The minimum atomic E-state index is -0.0344. The number of nitrogens with one attached hydrogen (secondary N) is 1. The van der Waals surface area contributed by atoms with Gasteiger partial charge in [-0.05, 0) is 31.4 Å².